The Morgan fingerprint density at radius 2 is 2.00 bits per heavy atom. The number of benzene rings is 2. The molecule has 0 bridgehead atoms. The van der Waals surface area contributed by atoms with Crippen molar-refractivity contribution in [2.75, 3.05) is 24.3 Å². The first kappa shape index (κ1) is 14.6. The normalized spacial score (nSPS) is 13.4. The molecule has 3 rings (SSSR count). The minimum absolute atomic E-state index is 0.244. The molecule has 0 aliphatic carbocycles. The van der Waals surface area contributed by atoms with Gasteiger partial charge in [-0.1, -0.05) is 29.8 Å². The van der Waals surface area contributed by atoms with Gasteiger partial charge in [-0.2, -0.15) is 0 Å². The van der Waals surface area contributed by atoms with Gasteiger partial charge in [0, 0.05) is 10.6 Å². The zero-order valence-electron chi connectivity index (χ0n) is 11.8. The molecular weight excluding hydrogens is 300 g/mol. The van der Waals surface area contributed by atoms with Crippen LogP contribution in [0, 0.1) is 0 Å². The number of hydrogen-bond donors (Lipinski definition) is 2. The number of nitrogen functional groups attached to an aromatic ring is 1. The highest BCUT2D eigenvalue weighted by Crippen LogP contribution is 2.24. The lowest BCUT2D eigenvalue weighted by Gasteiger charge is -2.17. The summed E-state index contributed by atoms with van der Waals surface area (Å²) in [6, 6.07) is 12.3. The molecule has 2 aromatic carbocycles. The van der Waals surface area contributed by atoms with Gasteiger partial charge in [0.15, 0.2) is 0 Å². The Kier molecular flexibility index (Phi) is 4.13. The largest absolute Gasteiger partial charge is 0.397 e. The summed E-state index contributed by atoms with van der Waals surface area (Å²) in [6.07, 6.45) is 1.99. The molecule has 2 aromatic rings. The van der Waals surface area contributed by atoms with E-state index in [-0.39, 0.29) is 5.91 Å². The van der Waals surface area contributed by atoms with E-state index < -0.39 is 0 Å². The lowest BCUT2D eigenvalue weighted by molar-refractivity contribution is 0.102. The molecule has 0 radical (unpaired) electrons. The Labute approximate surface area is 133 Å². The van der Waals surface area contributed by atoms with Gasteiger partial charge in [0.1, 0.15) is 0 Å². The number of ether oxygens (including phenoxy) is 1. The van der Waals surface area contributed by atoms with Crippen molar-refractivity contribution in [3.8, 4) is 0 Å². The highest BCUT2D eigenvalue weighted by atomic mass is 35.5. The van der Waals surface area contributed by atoms with Crippen LogP contribution in [0.4, 0.5) is 11.4 Å². The third kappa shape index (κ3) is 3.13. The fourth-order valence-electron chi connectivity index (χ4n) is 2.11. The van der Waals surface area contributed by atoms with Crippen molar-refractivity contribution in [3.63, 3.8) is 0 Å². The Bertz CT molecular complexity index is 750. The topological polar surface area (TPSA) is 64.3 Å². The molecule has 1 fully saturated rings. The maximum atomic E-state index is 12.3. The first-order valence-corrected chi connectivity index (χ1v) is 7.24. The summed E-state index contributed by atoms with van der Waals surface area (Å²) >= 11 is 6.24. The minimum atomic E-state index is -0.244. The van der Waals surface area contributed by atoms with Crippen molar-refractivity contribution >= 4 is 35.0 Å². The van der Waals surface area contributed by atoms with Gasteiger partial charge in [-0.15, -0.1) is 0 Å². The number of rotatable bonds is 3. The molecule has 112 valence electrons. The lowest BCUT2D eigenvalue weighted by Crippen LogP contribution is -2.15. The van der Waals surface area contributed by atoms with Crippen LogP contribution < -0.4 is 11.1 Å². The van der Waals surface area contributed by atoms with E-state index in [9.17, 15) is 4.79 Å². The van der Waals surface area contributed by atoms with Crippen LogP contribution in [-0.4, -0.2) is 19.1 Å². The Hall–Kier alpha value is -2.30. The van der Waals surface area contributed by atoms with E-state index in [1.807, 2.05) is 24.3 Å². The van der Waals surface area contributed by atoms with Gasteiger partial charge in [0.25, 0.3) is 5.91 Å². The quantitative estimate of drug-likeness (QED) is 0.851. The predicted octanol–water partition coefficient (Wildman–Crippen LogP) is 3.59. The number of carbonyl (C=O) groups excluding carboxylic acids is 1. The zero-order chi connectivity index (χ0) is 15.5. The van der Waals surface area contributed by atoms with Crippen LogP contribution in [0.2, 0.25) is 5.02 Å². The second-order valence-electron chi connectivity index (χ2n) is 5.07. The number of nitrogens with one attached hydrogen (secondary N) is 1. The number of carbonyl (C=O) groups is 1. The van der Waals surface area contributed by atoms with Crippen molar-refractivity contribution in [1.82, 2.24) is 0 Å². The highest BCUT2D eigenvalue weighted by Gasteiger charge is 2.12. The van der Waals surface area contributed by atoms with Gasteiger partial charge in [-0.05, 0) is 41.5 Å². The maximum absolute atomic E-state index is 12.3. The summed E-state index contributed by atoms with van der Waals surface area (Å²) < 4.78 is 5.10. The SMILES string of the molecule is Nc1ccccc1NC(=O)c1ccc(C=C2COC2)c(Cl)c1. The Balaban J connectivity index is 1.78. The molecule has 1 aliphatic heterocycles. The van der Waals surface area contributed by atoms with Crippen LogP contribution in [-0.2, 0) is 4.74 Å². The van der Waals surface area contributed by atoms with Gasteiger partial charge >= 0.3 is 0 Å². The van der Waals surface area contributed by atoms with Crippen LogP contribution >= 0.6 is 11.6 Å². The number of halogens is 1. The van der Waals surface area contributed by atoms with Crippen LogP contribution in [0.25, 0.3) is 6.08 Å². The van der Waals surface area contributed by atoms with Gasteiger partial charge in [-0.3, -0.25) is 4.79 Å². The van der Waals surface area contributed by atoms with E-state index in [2.05, 4.69) is 5.32 Å². The molecule has 1 aliphatic rings. The molecule has 1 saturated heterocycles. The second kappa shape index (κ2) is 6.22. The molecule has 0 saturated carbocycles. The number of amides is 1. The van der Waals surface area contributed by atoms with E-state index in [1.165, 1.54) is 5.57 Å². The van der Waals surface area contributed by atoms with Crippen LogP contribution in [0.3, 0.4) is 0 Å². The smallest absolute Gasteiger partial charge is 0.255 e. The third-order valence-electron chi connectivity index (χ3n) is 3.41. The molecule has 3 N–H and O–H groups in total. The van der Waals surface area contributed by atoms with Crippen LogP contribution in [0.5, 0.6) is 0 Å². The number of hydrogen-bond acceptors (Lipinski definition) is 3. The molecule has 0 spiro atoms. The number of anilines is 2. The molecule has 22 heavy (non-hydrogen) atoms. The second-order valence-corrected chi connectivity index (χ2v) is 5.48. The fourth-order valence-corrected chi connectivity index (χ4v) is 2.35. The summed E-state index contributed by atoms with van der Waals surface area (Å²) in [5.41, 5.74) is 9.49. The Morgan fingerprint density at radius 1 is 1.23 bits per heavy atom. The monoisotopic (exact) mass is 314 g/mol. The van der Waals surface area contributed by atoms with Crippen molar-refractivity contribution in [2.24, 2.45) is 0 Å². The molecule has 0 atom stereocenters. The number of nitrogens with two attached hydrogens (primary N) is 1. The average molecular weight is 315 g/mol. The summed E-state index contributed by atoms with van der Waals surface area (Å²) in [4.78, 5) is 12.3. The first-order valence-electron chi connectivity index (χ1n) is 6.86. The van der Waals surface area contributed by atoms with Crippen molar-refractivity contribution in [2.45, 2.75) is 0 Å². The van der Waals surface area contributed by atoms with E-state index >= 15 is 0 Å². The lowest BCUT2D eigenvalue weighted by atomic mass is 10.1. The highest BCUT2D eigenvalue weighted by molar-refractivity contribution is 6.32. The van der Waals surface area contributed by atoms with Gasteiger partial charge in [0.2, 0.25) is 0 Å². The van der Waals surface area contributed by atoms with Gasteiger partial charge in [0.05, 0.1) is 24.6 Å². The molecule has 0 unspecified atom stereocenters. The summed E-state index contributed by atoms with van der Waals surface area (Å²) in [5.74, 6) is -0.244. The number of para-hydroxylation sites is 2. The van der Waals surface area contributed by atoms with Gasteiger partial charge < -0.3 is 15.8 Å². The zero-order valence-corrected chi connectivity index (χ0v) is 12.6. The summed E-state index contributed by atoms with van der Waals surface area (Å²) in [7, 11) is 0. The molecule has 0 aromatic heterocycles. The van der Waals surface area contributed by atoms with E-state index in [4.69, 9.17) is 22.1 Å². The van der Waals surface area contributed by atoms with Crippen LogP contribution in [0.1, 0.15) is 15.9 Å². The van der Waals surface area contributed by atoms with Crippen molar-refractivity contribution in [1.29, 1.82) is 0 Å². The van der Waals surface area contributed by atoms with Crippen molar-refractivity contribution in [3.05, 3.63) is 64.2 Å². The minimum Gasteiger partial charge on any atom is -0.397 e. The molecule has 4 nitrogen and oxygen atoms in total. The van der Waals surface area contributed by atoms with Crippen molar-refractivity contribution < 1.29 is 9.53 Å². The predicted molar refractivity (Wildman–Crippen MR) is 89.1 cm³/mol. The first-order chi connectivity index (χ1) is 10.6. The van der Waals surface area contributed by atoms with E-state index in [0.29, 0.717) is 35.2 Å². The Morgan fingerprint density at radius 3 is 2.64 bits per heavy atom. The van der Waals surface area contributed by atoms with E-state index in [0.717, 1.165) is 5.56 Å². The molecule has 1 amide bonds. The maximum Gasteiger partial charge on any atom is 0.255 e. The molecule has 1 heterocycles. The average Bonchev–Trinajstić information content (AvgIpc) is 2.46. The summed E-state index contributed by atoms with van der Waals surface area (Å²) in [5, 5.41) is 3.31. The van der Waals surface area contributed by atoms with Gasteiger partial charge in [-0.25, -0.2) is 0 Å². The molecule has 5 heteroatoms. The fraction of sp³-hybridized carbons (Fsp3) is 0.118. The third-order valence-corrected chi connectivity index (χ3v) is 3.73. The molecular formula is C17H15ClN2O2. The summed E-state index contributed by atoms with van der Waals surface area (Å²) in [6.45, 7) is 1.29. The standard InChI is InChI=1S/C17H15ClN2O2/c18-14-8-13(6-5-12(14)7-11-9-22-10-11)17(21)20-16-4-2-1-3-15(16)19/h1-8H,9-10,19H2,(H,20,21). The van der Waals surface area contributed by atoms with E-state index in [1.54, 1.807) is 24.3 Å². The van der Waals surface area contributed by atoms with Crippen LogP contribution in [0.15, 0.2) is 48.0 Å².